The van der Waals surface area contributed by atoms with Gasteiger partial charge in [-0.05, 0) is 13.8 Å². The van der Waals surface area contributed by atoms with E-state index in [9.17, 15) is 0 Å². The summed E-state index contributed by atoms with van der Waals surface area (Å²) in [5, 5.41) is 0. The molecule has 0 aromatic rings. The average Bonchev–Trinajstić information content (AvgIpc) is 2.58. The van der Waals surface area contributed by atoms with Crippen LogP contribution in [0.25, 0.3) is 0 Å². The van der Waals surface area contributed by atoms with Crippen molar-refractivity contribution in [2.75, 3.05) is 13.1 Å². The van der Waals surface area contributed by atoms with Crippen LogP contribution in [0.4, 0.5) is 0 Å². The molecule has 2 rings (SSSR count). The summed E-state index contributed by atoms with van der Waals surface area (Å²) in [5.74, 6) is 1.15. The first-order chi connectivity index (χ1) is 5.75. The summed E-state index contributed by atoms with van der Waals surface area (Å²) < 4.78 is 10.8. The summed E-state index contributed by atoms with van der Waals surface area (Å²) in [7, 11) is 0. The van der Waals surface area contributed by atoms with Crippen LogP contribution in [0.3, 0.4) is 0 Å². The quantitative estimate of drug-likeness (QED) is 0.576. The Kier molecular flexibility index (Phi) is 1.75. The fourth-order valence-electron chi connectivity index (χ4n) is 1.19. The van der Waals surface area contributed by atoms with Gasteiger partial charge >= 0.3 is 0 Å². The van der Waals surface area contributed by atoms with Crippen molar-refractivity contribution >= 4 is 11.8 Å². The summed E-state index contributed by atoms with van der Waals surface area (Å²) in [5.41, 5.74) is 0. The molecule has 0 saturated heterocycles. The Morgan fingerprint density at radius 1 is 1.00 bits per heavy atom. The van der Waals surface area contributed by atoms with Crippen LogP contribution in [0, 0.1) is 0 Å². The second kappa shape index (κ2) is 2.77. The zero-order valence-electron chi connectivity index (χ0n) is 7.28. The second-order valence-electron chi connectivity index (χ2n) is 3.15. The van der Waals surface area contributed by atoms with Gasteiger partial charge in [0.2, 0.25) is 0 Å². The highest BCUT2D eigenvalue weighted by atomic mass is 16.6. The number of aliphatic imine (C=N–C) groups is 2. The van der Waals surface area contributed by atoms with Crippen molar-refractivity contribution in [1.82, 2.24) is 0 Å². The van der Waals surface area contributed by atoms with Crippen molar-refractivity contribution < 1.29 is 9.47 Å². The Balaban J connectivity index is 2.02. The molecule has 0 amide bonds. The molecule has 0 radical (unpaired) electrons. The lowest BCUT2D eigenvalue weighted by Gasteiger charge is -2.06. The monoisotopic (exact) mass is 168 g/mol. The maximum atomic E-state index is 5.39. The summed E-state index contributed by atoms with van der Waals surface area (Å²) in [6, 6.07) is 0. The van der Waals surface area contributed by atoms with Crippen LogP contribution < -0.4 is 0 Å². The van der Waals surface area contributed by atoms with E-state index in [0.717, 1.165) is 0 Å². The Morgan fingerprint density at radius 2 is 1.42 bits per heavy atom. The van der Waals surface area contributed by atoms with Gasteiger partial charge in [-0.25, -0.2) is 9.98 Å². The SMILES string of the molecule is C[C@@H]1CN=C(C2=NC[C@@H](C)O2)O1. The number of rotatable bonds is 1. The molecular formula is C8H12N2O2. The zero-order valence-corrected chi connectivity index (χ0v) is 7.28. The normalized spacial score (nSPS) is 33.8. The number of hydrogen-bond acceptors (Lipinski definition) is 4. The van der Waals surface area contributed by atoms with E-state index in [1.807, 2.05) is 13.8 Å². The topological polar surface area (TPSA) is 43.2 Å². The van der Waals surface area contributed by atoms with E-state index in [-0.39, 0.29) is 12.2 Å². The molecule has 4 nitrogen and oxygen atoms in total. The first-order valence-electron chi connectivity index (χ1n) is 4.18. The smallest absolute Gasteiger partial charge is 0.273 e. The minimum absolute atomic E-state index is 0.169. The van der Waals surface area contributed by atoms with Crippen molar-refractivity contribution in [2.45, 2.75) is 26.1 Å². The molecule has 0 aromatic heterocycles. The standard InChI is InChI=1S/C8H12N2O2/c1-5-3-9-7(11-5)8-10-4-6(2)12-8/h5-6H,3-4H2,1-2H3/t5-,6-/m1/s1. The molecule has 2 atom stereocenters. The molecule has 2 aliphatic heterocycles. The Bertz CT molecular complexity index is 221. The van der Waals surface area contributed by atoms with Gasteiger partial charge in [-0.2, -0.15) is 0 Å². The van der Waals surface area contributed by atoms with Gasteiger partial charge in [-0.15, -0.1) is 0 Å². The second-order valence-corrected chi connectivity index (χ2v) is 3.15. The molecule has 0 aliphatic carbocycles. The van der Waals surface area contributed by atoms with E-state index in [4.69, 9.17) is 9.47 Å². The zero-order chi connectivity index (χ0) is 8.55. The first-order valence-corrected chi connectivity index (χ1v) is 4.18. The Hall–Kier alpha value is -1.06. The van der Waals surface area contributed by atoms with Crippen LogP contribution in [-0.4, -0.2) is 37.1 Å². The predicted molar refractivity (Wildman–Crippen MR) is 45.7 cm³/mol. The van der Waals surface area contributed by atoms with Gasteiger partial charge < -0.3 is 9.47 Å². The minimum atomic E-state index is 0.169. The van der Waals surface area contributed by atoms with Crippen molar-refractivity contribution in [3.8, 4) is 0 Å². The van der Waals surface area contributed by atoms with Gasteiger partial charge in [-0.1, -0.05) is 0 Å². The molecule has 0 saturated carbocycles. The fourth-order valence-corrected chi connectivity index (χ4v) is 1.19. The first kappa shape index (κ1) is 7.58. The van der Waals surface area contributed by atoms with Crippen molar-refractivity contribution in [1.29, 1.82) is 0 Å². The molecule has 0 unspecified atom stereocenters. The molecular weight excluding hydrogens is 156 g/mol. The maximum Gasteiger partial charge on any atom is 0.273 e. The number of ether oxygens (including phenoxy) is 2. The van der Waals surface area contributed by atoms with Crippen molar-refractivity contribution in [3.63, 3.8) is 0 Å². The summed E-state index contributed by atoms with van der Waals surface area (Å²) in [6.07, 6.45) is 0.337. The summed E-state index contributed by atoms with van der Waals surface area (Å²) in [6.45, 7) is 5.39. The number of hydrogen-bond donors (Lipinski definition) is 0. The van der Waals surface area contributed by atoms with E-state index in [0.29, 0.717) is 24.9 Å². The molecule has 0 bridgehead atoms. The molecule has 0 N–H and O–H groups in total. The van der Waals surface area contributed by atoms with E-state index < -0.39 is 0 Å². The molecule has 12 heavy (non-hydrogen) atoms. The van der Waals surface area contributed by atoms with Crippen LogP contribution in [0.2, 0.25) is 0 Å². The van der Waals surface area contributed by atoms with E-state index in [1.165, 1.54) is 0 Å². The van der Waals surface area contributed by atoms with E-state index in [2.05, 4.69) is 9.98 Å². The highest BCUT2D eigenvalue weighted by molar-refractivity contribution is 6.36. The lowest BCUT2D eigenvalue weighted by Crippen LogP contribution is -2.19. The lowest BCUT2D eigenvalue weighted by atomic mass is 10.4. The predicted octanol–water partition coefficient (Wildman–Crippen LogP) is 0.621. The number of nitrogens with zero attached hydrogens (tertiary/aromatic N) is 2. The van der Waals surface area contributed by atoms with Crippen LogP contribution >= 0.6 is 0 Å². The third kappa shape index (κ3) is 1.29. The van der Waals surface area contributed by atoms with Gasteiger partial charge in [0.15, 0.2) is 0 Å². The van der Waals surface area contributed by atoms with Gasteiger partial charge in [0.25, 0.3) is 11.8 Å². The average molecular weight is 168 g/mol. The highest BCUT2D eigenvalue weighted by Gasteiger charge is 2.26. The molecule has 0 fully saturated rings. The third-order valence-corrected chi connectivity index (χ3v) is 1.79. The molecule has 2 heterocycles. The molecule has 0 aromatic carbocycles. The van der Waals surface area contributed by atoms with Gasteiger partial charge in [-0.3, -0.25) is 0 Å². The maximum absolute atomic E-state index is 5.39. The molecule has 0 spiro atoms. The van der Waals surface area contributed by atoms with Gasteiger partial charge in [0, 0.05) is 0 Å². The lowest BCUT2D eigenvalue weighted by molar-refractivity contribution is 0.223. The van der Waals surface area contributed by atoms with Crippen LogP contribution in [-0.2, 0) is 9.47 Å². The Labute approximate surface area is 71.3 Å². The van der Waals surface area contributed by atoms with Crippen molar-refractivity contribution in [2.24, 2.45) is 9.98 Å². The molecule has 4 heteroatoms. The molecule has 66 valence electrons. The molecule has 2 aliphatic rings. The Morgan fingerprint density at radius 3 is 1.67 bits per heavy atom. The van der Waals surface area contributed by atoms with Crippen LogP contribution in [0.15, 0.2) is 9.98 Å². The van der Waals surface area contributed by atoms with E-state index in [1.54, 1.807) is 0 Å². The summed E-state index contributed by atoms with van der Waals surface area (Å²) in [4.78, 5) is 8.34. The van der Waals surface area contributed by atoms with Crippen molar-refractivity contribution in [3.05, 3.63) is 0 Å². The fraction of sp³-hybridized carbons (Fsp3) is 0.750. The largest absolute Gasteiger partial charge is 0.469 e. The van der Waals surface area contributed by atoms with E-state index >= 15 is 0 Å². The highest BCUT2D eigenvalue weighted by Crippen LogP contribution is 2.11. The third-order valence-electron chi connectivity index (χ3n) is 1.79. The van der Waals surface area contributed by atoms with Crippen LogP contribution in [0.5, 0.6) is 0 Å². The summed E-state index contributed by atoms with van der Waals surface area (Å²) >= 11 is 0. The van der Waals surface area contributed by atoms with Gasteiger partial charge in [0.1, 0.15) is 12.2 Å². The van der Waals surface area contributed by atoms with Crippen LogP contribution in [0.1, 0.15) is 13.8 Å². The van der Waals surface area contributed by atoms with Gasteiger partial charge in [0.05, 0.1) is 13.1 Å². The minimum Gasteiger partial charge on any atom is -0.469 e.